The van der Waals surface area contributed by atoms with Crippen molar-refractivity contribution in [2.24, 2.45) is 0 Å². The first kappa shape index (κ1) is 18.1. The molecule has 3 rings (SSSR count). The van der Waals surface area contributed by atoms with Gasteiger partial charge in [-0.2, -0.15) is 0 Å². The summed E-state index contributed by atoms with van der Waals surface area (Å²) in [5, 5.41) is 3.90. The third-order valence-electron chi connectivity index (χ3n) is 3.29. The fraction of sp³-hybridized carbons (Fsp3) is 0.188. The van der Waals surface area contributed by atoms with Gasteiger partial charge in [-0.3, -0.25) is 0 Å². The third kappa shape index (κ3) is 3.47. The predicted molar refractivity (Wildman–Crippen MR) is 95.0 cm³/mol. The Hall–Kier alpha value is -2.25. The van der Waals surface area contributed by atoms with E-state index in [4.69, 9.17) is 4.74 Å². The molecule has 0 aliphatic carbocycles. The van der Waals surface area contributed by atoms with Gasteiger partial charge in [0, 0.05) is 5.69 Å². The zero-order valence-electron chi connectivity index (χ0n) is 13.0. The van der Waals surface area contributed by atoms with Crippen LogP contribution in [0.25, 0.3) is 10.2 Å². The predicted octanol–water partition coefficient (Wildman–Crippen LogP) is 4.48. The topological polar surface area (TPSA) is 64.1 Å². The molecule has 2 heterocycles. The van der Waals surface area contributed by atoms with Gasteiger partial charge in [0.1, 0.15) is 27.7 Å². The van der Waals surface area contributed by atoms with E-state index in [9.17, 15) is 9.18 Å². The maximum absolute atomic E-state index is 13.0. The van der Waals surface area contributed by atoms with Crippen LogP contribution in [-0.2, 0) is 4.74 Å². The molecule has 8 heteroatoms. The van der Waals surface area contributed by atoms with Gasteiger partial charge in [-0.25, -0.2) is 19.2 Å². The number of fused-ring (bicyclic) bond motifs is 1. The van der Waals surface area contributed by atoms with Gasteiger partial charge in [0.25, 0.3) is 0 Å². The summed E-state index contributed by atoms with van der Waals surface area (Å²) in [6.07, 6.45) is 1.43. The molecule has 0 saturated carbocycles. The Morgan fingerprint density at radius 2 is 2.00 bits per heavy atom. The van der Waals surface area contributed by atoms with Crippen LogP contribution in [0.2, 0.25) is 0 Å². The van der Waals surface area contributed by atoms with Gasteiger partial charge < -0.3 is 10.1 Å². The monoisotopic (exact) mass is 367 g/mol. The molecule has 5 nitrogen and oxygen atoms in total. The molecule has 3 aromatic rings. The molecular formula is C16H15ClFN3O2S. The van der Waals surface area contributed by atoms with Crippen molar-refractivity contribution in [2.45, 2.75) is 13.8 Å². The summed E-state index contributed by atoms with van der Waals surface area (Å²) in [4.78, 5) is 21.7. The molecular weight excluding hydrogens is 353 g/mol. The lowest BCUT2D eigenvalue weighted by atomic mass is 10.2. The molecule has 0 amide bonds. The number of esters is 1. The average molecular weight is 368 g/mol. The Balaban J connectivity index is 0.00000208. The van der Waals surface area contributed by atoms with Crippen LogP contribution in [-0.4, -0.2) is 22.5 Å². The molecule has 2 aromatic heterocycles. The van der Waals surface area contributed by atoms with Crippen LogP contribution in [0, 0.1) is 12.7 Å². The number of carbonyl (C=O) groups excluding carboxylic acids is 1. The fourth-order valence-corrected chi connectivity index (χ4v) is 3.27. The average Bonchev–Trinajstić information content (AvgIpc) is 2.88. The van der Waals surface area contributed by atoms with Crippen LogP contribution >= 0.6 is 23.7 Å². The van der Waals surface area contributed by atoms with Gasteiger partial charge in [-0.05, 0) is 43.7 Å². The van der Waals surface area contributed by atoms with Crippen molar-refractivity contribution in [3.8, 4) is 0 Å². The van der Waals surface area contributed by atoms with Gasteiger partial charge in [0.05, 0.1) is 12.0 Å². The molecule has 126 valence electrons. The number of nitrogens with one attached hydrogen (secondary N) is 1. The molecule has 0 aliphatic rings. The van der Waals surface area contributed by atoms with Crippen LogP contribution in [0.3, 0.4) is 0 Å². The Morgan fingerprint density at radius 3 is 2.67 bits per heavy atom. The van der Waals surface area contributed by atoms with Crippen LogP contribution in [0.1, 0.15) is 22.2 Å². The number of aromatic nitrogens is 2. The number of carbonyl (C=O) groups is 1. The lowest BCUT2D eigenvalue weighted by molar-refractivity contribution is 0.0531. The molecule has 0 saturated heterocycles. The Bertz CT molecular complexity index is 868. The minimum atomic E-state index is -0.360. The maximum Gasteiger partial charge on any atom is 0.348 e. The number of thiophene rings is 1. The standard InChI is InChI=1S/C16H14FN3O2S.ClH/c1-3-22-16(21)13-9(2)12-14(18-8-19-15(12)23-13)20-11-6-4-10(17)5-7-11;/h4-8H,3H2,1-2H3,(H,18,19,20);1H. The van der Waals surface area contributed by atoms with Gasteiger partial charge in [0.2, 0.25) is 0 Å². The second-order valence-corrected chi connectivity index (χ2v) is 5.81. The number of benzene rings is 1. The first-order valence-electron chi connectivity index (χ1n) is 7.04. The summed E-state index contributed by atoms with van der Waals surface area (Å²) in [5.74, 6) is -0.0914. The number of ether oxygens (including phenoxy) is 1. The van der Waals surface area contributed by atoms with E-state index in [-0.39, 0.29) is 24.2 Å². The molecule has 0 radical (unpaired) electrons. The van der Waals surface area contributed by atoms with E-state index in [2.05, 4.69) is 15.3 Å². The molecule has 0 aliphatic heterocycles. The van der Waals surface area contributed by atoms with Crippen molar-refractivity contribution in [2.75, 3.05) is 11.9 Å². The number of nitrogens with zero attached hydrogens (tertiary/aromatic N) is 2. The third-order valence-corrected chi connectivity index (χ3v) is 4.47. The summed E-state index contributed by atoms with van der Waals surface area (Å²) >= 11 is 1.27. The molecule has 0 fully saturated rings. The van der Waals surface area contributed by atoms with Crippen molar-refractivity contribution in [1.82, 2.24) is 9.97 Å². The smallest absolute Gasteiger partial charge is 0.348 e. The van der Waals surface area contributed by atoms with Gasteiger partial charge in [-0.15, -0.1) is 23.7 Å². The maximum atomic E-state index is 13.0. The highest BCUT2D eigenvalue weighted by Crippen LogP contribution is 2.34. The molecule has 0 spiro atoms. The SMILES string of the molecule is CCOC(=O)c1sc2ncnc(Nc3ccc(F)cc3)c2c1C.Cl. The zero-order chi connectivity index (χ0) is 16.4. The van der Waals surface area contributed by atoms with Crippen molar-refractivity contribution in [3.05, 3.63) is 46.9 Å². The molecule has 24 heavy (non-hydrogen) atoms. The lowest BCUT2D eigenvalue weighted by Crippen LogP contribution is -2.03. The van der Waals surface area contributed by atoms with Crippen LogP contribution in [0.5, 0.6) is 0 Å². The summed E-state index contributed by atoms with van der Waals surface area (Å²) in [7, 11) is 0. The Morgan fingerprint density at radius 1 is 1.29 bits per heavy atom. The lowest BCUT2D eigenvalue weighted by Gasteiger charge is -2.07. The van der Waals surface area contributed by atoms with E-state index in [1.165, 1.54) is 29.8 Å². The number of anilines is 2. The summed E-state index contributed by atoms with van der Waals surface area (Å²) < 4.78 is 18.1. The molecule has 0 unspecified atom stereocenters. The first-order chi connectivity index (χ1) is 11.1. The molecule has 0 atom stereocenters. The number of hydrogen-bond donors (Lipinski definition) is 1. The van der Waals surface area contributed by atoms with Crippen molar-refractivity contribution < 1.29 is 13.9 Å². The highest BCUT2D eigenvalue weighted by Gasteiger charge is 2.20. The van der Waals surface area contributed by atoms with Crippen molar-refractivity contribution >= 4 is 51.4 Å². The number of hydrogen-bond acceptors (Lipinski definition) is 6. The quantitative estimate of drug-likeness (QED) is 0.689. The number of halogens is 2. The molecule has 0 bridgehead atoms. The van der Waals surface area contributed by atoms with E-state index in [0.29, 0.717) is 27.8 Å². The zero-order valence-corrected chi connectivity index (χ0v) is 14.6. The van der Waals surface area contributed by atoms with E-state index < -0.39 is 0 Å². The fourth-order valence-electron chi connectivity index (χ4n) is 2.23. The summed E-state index contributed by atoms with van der Waals surface area (Å²) in [5.41, 5.74) is 1.48. The first-order valence-corrected chi connectivity index (χ1v) is 7.85. The van der Waals surface area contributed by atoms with Crippen LogP contribution in [0.4, 0.5) is 15.9 Å². The van der Waals surface area contributed by atoms with Gasteiger partial charge in [-0.1, -0.05) is 0 Å². The van der Waals surface area contributed by atoms with Crippen molar-refractivity contribution in [3.63, 3.8) is 0 Å². The molecule has 1 aromatic carbocycles. The minimum Gasteiger partial charge on any atom is -0.462 e. The second kappa shape index (κ2) is 7.55. The van der Waals surface area contributed by atoms with E-state index in [1.807, 2.05) is 6.92 Å². The van der Waals surface area contributed by atoms with Gasteiger partial charge >= 0.3 is 5.97 Å². The van der Waals surface area contributed by atoms with Crippen LogP contribution in [0.15, 0.2) is 30.6 Å². The normalized spacial score (nSPS) is 10.3. The Kier molecular flexibility index (Phi) is 5.69. The van der Waals surface area contributed by atoms with E-state index >= 15 is 0 Å². The number of aryl methyl sites for hydroxylation is 1. The largest absolute Gasteiger partial charge is 0.462 e. The van der Waals surface area contributed by atoms with Crippen LogP contribution < -0.4 is 5.32 Å². The summed E-state index contributed by atoms with van der Waals surface area (Å²) in [6.45, 7) is 3.92. The Labute approximate surface area is 148 Å². The number of rotatable bonds is 4. The second-order valence-electron chi connectivity index (χ2n) is 4.81. The summed E-state index contributed by atoms with van der Waals surface area (Å²) in [6, 6.07) is 5.98. The minimum absolute atomic E-state index is 0. The van der Waals surface area contributed by atoms with E-state index in [0.717, 1.165) is 10.9 Å². The highest BCUT2D eigenvalue weighted by atomic mass is 35.5. The van der Waals surface area contributed by atoms with Gasteiger partial charge in [0.15, 0.2) is 0 Å². The van der Waals surface area contributed by atoms with E-state index in [1.54, 1.807) is 19.1 Å². The molecule has 1 N–H and O–H groups in total. The highest BCUT2D eigenvalue weighted by molar-refractivity contribution is 7.20. The van der Waals surface area contributed by atoms with Crippen molar-refractivity contribution in [1.29, 1.82) is 0 Å².